The Morgan fingerprint density at radius 3 is 2.52 bits per heavy atom. The highest BCUT2D eigenvalue weighted by Gasteiger charge is 2.39. The summed E-state index contributed by atoms with van der Waals surface area (Å²) in [4.78, 5) is 15.2. The van der Waals surface area contributed by atoms with E-state index in [1.165, 1.54) is 17.1 Å². The molecule has 1 aromatic carbocycles. The number of likely N-dealkylation sites (tertiary alicyclic amines) is 1. The summed E-state index contributed by atoms with van der Waals surface area (Å²) in [5.74, 6) is -0.178. The summed E-state index contributed by atoms with van der Waals surface area (Å²) in [6.07, 6.45) is 3.72. The molecule has 0 saturated carbocycles. The van der Waals surface area contributed by atoms with Crippen molar-refractivity contribution in [2.45, 2.75) is 49.6 Å². The number of nitrogens with one attached hydrogen (secondary N) is 1. The van der Waals surface area contributed by atoms with Crippen LogP contribution in [0.1, 0.15) is 32.6 Å². The predicted octanol–water partition coefficient (Wildman–Crippen LogP) is 1.44. The second-order valence-corrected chi connectivity index (χ2v) is 8.81. The summed E-state index contributed by atoms with van der Waals surface area (Å²) in [5, 5.41) is 2.97. The second-order valence-electron chi connectivity index (χ2n) is 6.92. The molecule has 0 radical (unpaired) electrons. The molecule has 0 aromatic heterocycles. The van der Waals surface area contributed by atoms with Gasteiger partial charge in [0, 0.05) is 19.1 Å². The van der Waals surface area contributed by atoms with Gasteiger partial charge in [0.2, 0.25) is 15.9 Å². The normalized spacial score (nSPS) is 23.6. The summed E-state index contributed by atoms with van der Waals surface area (Å²) in [7, 11) is -3.63. The molecular formula is C18H27N3O3S. The van der Waals surface area contributed by atoms with Crippen LogP contribution in [0.3, 0.4) is 0 Å². The Bertz CT molecular complexity index is 687. The Kier molecular flexibility index (Phi) is 5.76. The first-order valence-electron chi connectivity index (χ1n) is 9.09. The maximum atomic E-state index is 12.8. The monoisotopic (exact) mass is 365 g/mol. The third kappa shape index (κ3) is 4.04. The third-order valence-corrected chi connectivity index (χ3v) is 7.11. The van der Waals surface area contributed by atoms with Crippen LogP contribution in [-0.2, 0) is 14.8 Å². The molecule has 25 heavy (non-hydrogen) atoms. The minimum Gasteiger partial charge on any atom is -0.353 e. The Hall–Kier alpha value is -1.44. The number of rotatable bonds is 6. The molecule has 3 rings (SSSR count). The average molecular weight is 365 g/mol. The highest BCUT2D eigenvalue weighted by molar-refractivity contribution is 7.89. The first-order chi connectivity index (χ1) is 12.0. The molecule has 1 N–H and O–H groups in total. The highest BCUT2D eigenvalue weighted by atomic mass is 32.2. The number of hydrogen-bond donors (Lipinski definition) is 1. The van der Waals surface area contributed by atoms with Crippen LogP contribution in [0.25, 0.3) is 0 Å². The molecule has 2 aliphatic heterocycles. The van der Waals surface area contributed by atoms with Crippen molar-refractivity contribution in [3.05, 3.63) is 30.3 Å². The van der Waals surface area contributed by atoms with Gasteiger partial charge in [-0.3, -0.25) is 9.69 Å². The number of carbonyl (C=O) groups excluding carboxylic acids is 1. The van der Waals surface area contributed by atoms with Crippen LogP contribution in [-0.4, -0.2) is 61.8 Å². The van der Waals surface area contributed by atoms with Crippen LogP contribution in [0.4, 0.5) is 0 Å². The molecule has 2 saturated heterocycles. The van der Waals surface area contributed by atoms with E-state index in [0.717, 1.165) is 13.1 Å². The smallest absolute Gasteiger partial charge is 0.243 e. The van der Waals surface area contributed by atoms with E-state index in [9.17, 15) is 13.2 Å². The van der Waals surface area contributed by atoms with Gasteiger partial charge >= 0.3 is 0 Å². The first kappa shape index (κ1) is 18.4. The van der Waals surface area contributed by atoms with Crippen LogP contribution in [0.2, 0.25) is 0 Å². The van der Waals surface area contributed by atoms with Crippen LogP contribution < -0.4 is 5.32 Å². The van der Waals surface area contributed by atoms with Gasteiger partial charge in [0.25, 0.3) is 0 Å². The lowest BCUT2D eigenvalue weighted by Gasteiger charge is -2.27. The molecule has 2 atom stereocenters. The quantitative estimate of drug-likeness (QED) is 0.828. The minimum atomic E-state index is -3.63. The molecule has 2 unspecified atom stereocenters. The van der Waals surface area contributed by atoms with Gasteiger partial charge in [0.15, 0.2) is 0 Å². The van der Waals surface area contributed by atoms with E-state index >= 15 is 0 Å². The van der Waals surface area contributed by atoms with Gasteiger partial charge in [0.05, 0.1) is 4.90 Å². The lowest BCUT2D eigenvalue weighted by Crippen LogP contribution is -2.49. The lowest BCUT2D eigenvalue weighted by molar-refractivity contribution is -0.124. The zero-order chi connectivity index (χ0) is 17.9. The van der Waals surface area contributed by atoms with Gasteiger partial charge in [0.1, 0.15) is 6.04 Å². The van der Waals surface area contributed by atoms with E-state index < -0.39 is 16.1 Å². The number of hydrogen-bond acceptors (Lipinski definition) is 4. The van der Waals surface area contributed by atoms with E-state index in [-0.39, 0.29) is 16.8 Å². The third-order valence-electron chi connectivity index (χ3n) is 5.19. The summed E-state index contributed by atoms with van der Waals surface area (Å²) in [6, 6.07) is 8.04. The SMILES string of the molecule is CC(CNC(=O)C1CCCN1S(=O)(=O)c1ccccc1)N1CCCC1. The molecule has 1 amide bonds. The summed E-state index contributed by atoms with van der Waals surface area (Å²) >= 11 is 0. The molecule has 0 spiro atoms. The number of carbonyl (C=O) groups is 1. The van der Waals surface area contributed by atoms with Crippen LogP contribution in [0.15, 0.2) is 35.2 Å². The fourth-order valence-corrected chi connectivity index (χ4v) is 5.37. The van der Waals surface area contributed by atoms with E-state index in [1.54, 1.807) is 30.3 Å². The Labute approximate surface area is 150 Å². The average Bonchev–Trinajstić information content (AvgIpc) is 3.31. The maximum Gasteiger partial charge on any atom is 0.243 e. The molecule has 6 nitrogen and oxygen atoms in total. The lowest BCUT2D eigenvalue weighted by atomic mass is 10.2. The van der Waals surface area contributed by atoms with E-state index in [0.29, 0.717) is 25.9 Å². The zero-order valence-corrected chi connectivity index (χ0v) is 15.5. The van der Waals surface area contributed by atoms with Gasteiger partial charge in [-0.05, 0) is 57.8 Å². The van der Waals surface area contributed by atoms with Crippen molar-refractivity contribution in [3.8, 4) is 0 Å². The van der Waals surface area contributed by atoms with Crippen LogP contribution >= 0.6 is 0 Å². The standard InChI is InChI=1S/C18H27N3O3S/c1-15(20-11-5-6-12-20)14-19-18(22)17-10-7-13-21(17)25(23,24)16-8-3-2-4-9-16/h2-4,8-9,15,17H,5-7,10-14H2,1H3,(H,19,22). The van der Waals surface area contributed by atoms with Gasteiger partial charge in [-0.2, -0.15) is 4.31 Å². The molecule has 0 aliphatic carbocycles. The molecule has 0 bridgehead atoms. The van der Waals surface area contributed by atoms with Gasteiger partial charge in [-0.15, -0.1) is 0 Å². The molecule has 138 valence electrons. The van der Waals surface area contributed by atoms with E-state index in [1.807, 2.05) is 0 Å². The van der Waals surface area contributed by atoms with E-state index in [2.05, 4.69) is 17.1 Å². The molecule has 7 heteroatoms. The van der Waals surface area contributed by atoms with Crippen molar-refractivity contribution in [1.82, 2.24) is 14.5 Å². The predicted molar refractivity (Wildman–Crippen MR) is 96.6 cm³/mol. The number of sulfonamides is 1. The van der Waals surface area contributed by atoms with Crippen LogP contribution in [0.5, 0.6) is 0 Å². The number of amides is 1. The first-order valence-corrected chi connectivity index (χ1v) is 10.5. The largest absolute Gasteiger partial charge is 0.353 e. The molecule has 2 heterocycles. The number of benzene rings is 1. The summed E-state index contributed by atoms with van der Waals surface area (Å²) in [6.45, 7) is 5.23. The number of nitrogens with zero attached hydrogens (tertiary/aromatic N) is 2. The second kappa shape index (κ2) is 7.85. The summed E-state index contributed by atoms with van der Waals surface area (Å²) < 4.78 is 27.0. The van der Waals surface area contributed by atoms with Crippen LogP contribution in [0, 0.1) is 0 Å². The van der Waals surface area contributed by atoms with Gasteiger partial charge in [-0.1, -0.05) is 18.2 Å². The van der Waals surface area contributed by atoms with Crippen molar-refractivity contribution in [1.29, 1.82) is 0 Å². The molecular weight excluding hydrogens is 338 g/mol. The summed E-state index contributed by atoms with van der Waals surface area (Å²) in [5.41, 5.74) is 0. The molecule has 2 fully saturated rings. The topological polar surface area (TPSA) is 69.7 Å². The van der Waals surface area contributed by atoms with Crippen molar-refractivity contribution >= 4 is 15.9 Å². The van der Waals surface area contributed by atoms with Crippen molar-refractivity contribution in [3.63, 3.8) is 0 Å². The van der Waals surface area contributed by atoms with Crippen molar-refractivity contribution in [2.75, 3.05) is 26.2 Å². The Balaban J connectivity index is 1.63. The maximum absolute atomic E-state index is 12.8. The fraction of sp³-hybridized carbons (Fsp3) is 0.611. The van der Waals surface area contributed by atoms with Gasteiger partial charge in [-0.25, -0.2) is 8.42 Å². The highest BCUT2D eigenvalue weighted by Crippen LogP contribution is 2.26. The van der Waals surface area contributed by atoms with Crippen molar-refractivity contribution < 1.29 is 13.2 Å². The van der Waals surface area contributed by atoms with E-state index in [4.69, 9.17) is 0 Å². The molecule has 1 aromatic rings. The Morgan fingerprint density at radius 1 is 1.16 bits per heavy atom. The Morgan fingerprint density at radius 2 is 1.84 bits per heavy atom. The zero-order valence-electron chi connectivity index (χ0n) is 14.7. The van der Waals surface area contributed by atoms with Crippen molar-refractivity contribution in [2.24, 2.45) is 0 Å². The minimum absolute atomic E-state index is 0.178. The molecule has 2 aliphatic rings. The van der Waals surface area contributed by atoms with Gasteiger partial charge < -0.3 is 5.32 Å². The fourth-order valence-electron chi connectivity index (χ4n) is 3.70.